The number of nitrogens with zero attached hydrogens (tertiary/aromatic N) is 2. The van der Waals surface area contributed by atoms with Crippen LogP contribution in [0, 0.1) is 13.8 Å². The van der Waals surface area contributed by atoms with Crippen molar-refractivity contribution in [3.8, 4) is 11.5 Å². The topological polar surface area (TPSA) is 89.0 Å². The molecule has 198 valence electrons. The molecule has 0 saturated carbocycles. The van der Waals surface area contributed by atoms with Crippen LogP contribution in [0.25, 0.3) is 16.0 Å². The summed E-state index contributed by atoms with van der Waals surface area (Å²) in [6.45, 7) is 10.2. The van der Waals surface area contributed by atoms with Gasteiger partial charge in [-0.25, -0.2) is 4.98 Å². The predicted octanol–water partition coefficient (Wildman–Crippen LogP) is 6.50. The Bertz CT molecular complexity index is 1620. The van der Waals surface area contributed by atoms with Crippen LogP contribution in [0.4, 0.5) is 5.13 Å². The molecule has 1 amide bonds. The molecule has 2 heterocycles. The number of Topliss-reactive ketones (excluding diaryl/α,β-unsaturated/α-hetero) is 1. The van der Waals surface area contributed by atoms with Gasteiger partial charge in [-0.2, -0.15) is 0 Å². The van der Waals surface area contributed by atoms with E-state index in [0.717, 1.165) is 15.8 Å². The van der Waals surface area contributed by atoms with Crippen molar-refractivity contribution in [1.29, 1.82) is 0 Å². The van der Waals surface area contributed by atoms with E-state index in [1.807, 2.05) is 57.2 Å². The van der Waals surface area contributed by atoms with Crippen LogP contribution >= 0.6 is 11.3 Å². The van der Waals surface area contributed by atoms with Gasteiger partial charge >= 0.3 is 5.91 Å². The molecule has 1 fully saturated rings. The van der Waals surface area contributed by atoms with Crippen molar-refractivity contribution in [2.75, 3.05) is 18.1 Å². The van der Waals surface area contributed by atoms with Crippen LogP contribution in [0.2, 0.25) is 0 Å². The maximum absolute atomic E-state index is 13.6. The second-order valence-corrected chi connectivity index (χ2v) is 10.2. The van der Waals surface area contributed by atoms with Gasteiger partial charge in [0.25, 0.3) is 5.78 Å². The number of aliphatic hydroxyl groups is 1. The van der Waals surface area contributed by atoms with Gasteiger partial charge in [-0.15, -0.1) is 0 Å². The molecule has 1 aliphatic rings. The molecule has 1 unspecified atom stereocenters. The molecule has 1 aromatic heterocycles. The molecule has 0 spiro atoms. The minimum atomic E-state index is -0.884. The zero-order valence-corrected chi connectivity index (χ0v) is 22.7. The van der Waals surface area contributed by atoms with Gasteiger partial charge in [-0.3, -0.25) is 14.5 Å². The lowest BCUT2D eigenvalue weighted by atomic mass is 9.93. The summed E-state index contributed by atoms with van der Waals surface area (Å²) < 4.78 is 12.1. The molecule has 1 saturated heterocycles. The number of aryl methyl sites for hydroxylation is 2. The number of aromatic nitrogens is 1. The largest absolute Gasteiger partial charge is 0.507 e. The van der Waals surface area contributed by atoms with Crippen LogP contribution in [-0.4, -0.2) is 35.0 Å². The van der Waals surface area contributed by atoms with Gasteiger partial charge in [0.15, 0.2) is 5.13 Å². The van der Waals surface area contributed by atoms with Gasteiger partial charge in [0.05, 0.1) is 28.4 Å². The molecule has 39 heavy (non-hydrogen) atoms. The zero-order valence-electron chi connectivity index (χ0n) is 21.9. The Hall–Kier alpha value is -4.43. The van der Waals surface area contributed by atoms with Gasteiger partial charge in [0.2, 0.25) is 0 Å². The van der Waals surface area contributed by atoms with Crippen molar-refractivity contribution in [3.05, 3.63) is 101 Å². The normalized spacial score (nSPS) is 16.6. The van der Waals surface area contributed by atoms with E-state index in [1.54, 1.807) is 30.3 Å². The van der Waals surface area contributed by atoms with Gasteiger partial charge in [-0.05, 0) is 68.3 Å². The van der Waals surface area contributed by atoms with E-state index in [0.29, 0.717) is 46.5 Å². The highest BCUT2D eigenvalue weighted by Gasteiger charge is 2.48. The number of amides is 1. The van der Waals surface area contributed by atoms with Crippen LogP contribution in [0.5, 0.6) is 11.5 Å². The van der Waals surface area contributed by atoms with E-state index in [-0.39, 0.29) is 11.3 Å². The summed E-state index contributed by atoms with van der Waals surface area (Å²) >= 11 is 1.29. The first-order chi connectivity index (χ1) is 18.8. The van der Waals surface area contributed by atoms with Crippen LogP contribution in [-0.2, 0) is 9.59 Å². The SMILES string of the molecule is C=CCOc1ccc(C2C(=C(O)c3cc(C)ccc3C)C(=O)C(=O)N2c2nc3ccc(OCC)cc3s2)cc1. The van der Waals surface area contributed by atoms with Crippen LogP contribution in [0.15, 0.2) is 78.9 Å². The molecule has 1 atom stereocenters. The maximum Gasteiger partial charge on any atom is 0.301 e. The minimum absolute atomic E-state index is 0.0164. The number of anilines is 1. The third-order valence-electron chi connectivity index (χ3n) is 6.52. The summed E-state index contributed by atoms with van der Waals surface area (Å²) in [6.07, 6.45) is 1.65. The maximum atomic E-state index is 13.6. The number of hydrogen-bond acceptors (Lipinski definition) is 7. The number of ketones is 1. The fraction of sp³-hybridized carbons (Fsp3) is 0.194. The Morgan fingerprint density at radius 3 is 2.51 bits per heavy atom. The average Bonchev–Trinajstić information content (AvgIpc) is 3.46. The van der Waals surface area contributed by atoms with Crippen molar-refractivity contribution >= 4 is 44.1 Å². The lowest BCUT2D eigenvalue weighted by Gasteiger charge is -2.23. The Morgan fingerprint density at radius 2 is 1.79 bits per heavy atom. The highest BCUT2D eigenvalue weighted by molar-refractivity contribution is 7.22. The average molecular weight is 541 g/mol. The summed E-state index contributed by atoms with van der Waals surface area (Å²) in [5.41, 5.74) is 3.56. The van der Waals surface area contributed by atoms with Crippen molar-refractivity contribution < 1.29 is 24.2 Å². The van der Waals surface area contributed by atoms with Gasteiger partial charge in [0.1, 0.15) is 23.9 Å². The summed E-state index contributed by atoms with van der Waals surface area (Å²) in [6, 6.07) is 17.4. The van der Waals surface area contributed by atoms with E-state index >= 15 is 0 Å². The lowest BCUT2D eigenvalue weighted by molar-refractivity contribution is -0.132. The van der Waals surface area contributed by atoms with Gasteiger partial charge in [-0.1, -0.05) is 53.8 Å². The third-order valence-corrected chi connectivity index (χ3v) is 7.54. The van der Waals surface area contributed by atoms with E-state index in [1.165, 1.54) is 16.2 Å². The fourth-order valence-electron chi connectivity index (χ4n) is 4.64. The molecule has 1 N–H and O–H groups in total. The standard InChI is InChI=1S/C31H28N2O5S/c1-5-15-38-21-11-9-20(10-12-21)27-26(28(34)23-16-18(3)7-8-19(23)4)29(35)30(36)33(27)31-32-24-14-13-22(37-6-2)17-25(24)39-31/h5,7-14,16-17,27,34H,1,6,15H2,2-4H3. The van der Waals surface area contributed by atoms with Crippen LogP contribution < -0.4 is 14.4 Å². The number of rotatable bonds is 8. The molecule has 8 heteroatoms. The second-order valence-electron chi connectivity index (χ2n) is 9.22. The minimum Gasteiger partial charge on any atom is -0.507 e. The smallest absolute Gasteiger partial charge is 0.301 e. The van der Waals surface area contributed by atoms with E-state index < -0.39 is 17.7 Å². The molecule has 3 aromatic carbocycles. The summed E-state index contributed by atoms with van der Waals surface area (Å²) in [5, 5.41) is 11.9. The van der Waals surface area contributed by atoms with Crippen LogP contribution in [0.1, 0.15) is 35.2 Å². The fourth-order valence-corrected chi connectivity index (χ4v) is 5.66. The van der Waals surface area contributed by atoms with Crippen molar-refractivity contribution in [3.63, 3.8) is 0 Å². The first kappa shape index (κ1) is 26.2. The molecule has 5 rings (SSSR count). The molecule has 4 aromatic rings. The molecular formula is C31H28N2O5S. The highest BCUT2D eigenvalue weighted by atomic mass is 32.1. The summed E-state index contributed by atoms with van der Waals surface area (Å²) in [5.74, 6) is -0.409. The Morgan fingerprint density at radius 1 is 1.05 bits per heavy atom. The quantitative estimate of drug-likeness (QED) is 0.119. The summed E-state index contributed by atoms with van der Waals surface area (Å²) in [7, 11) is 0. The first-order valence-electron chi connectivity index (χ1n) is 12.6. The number of aliphatic hydroxyl groups excluding tert-OH is 1. The molecule has 0 bridgehead atoms. The second kappa shape index (κ2) is 10.7. The zero-order chi connectivity index (χ0) is 27.7. The number of ether oxygens (including phenoxy) is 2. The first-order valence-corrected chi connectivity index (χ1v) is 13.4. The molecule has 7 nitrogen and oxygen atoms in total. The molecular weight excluding hydrogens is 512 g/mol. The molecule has 0 aliphatic carbocycles. The number of carbonyl (C=O) groups is 2. The van der Waals surface area contributed by atoms with Crippen molar-refractivity contribution in [2.45, 2.75) is 26.8 Å². The number of hydrogen-bond donors (Lipinski definition) is 1. The van der Waals surface area contributed by atoms with E-state index in [4.69, 9.17) is 9.47 Å². The van der Waals surface area contributed by atoms with Gasteiger partial charge < -0.3 is 14.6 Å². The monoisotopic (exact) mass is 540 g/mol. The molecule has 1 aliphatic heterocycles. The predicted molar refractivity (Wildman–Crippen MR) is 154 cm³/mol. The Kier molecular flexibility index (Phi) is 7.21. The van der Waals surface area contributed by atoms with Gasteiger partial charge in [0, 0.05) is 5.56 Å². The van der Waals surface area contributed by atoms with Crippen molar-refractivity contribution in [1.82, 2.24) is 4.98 Å². The van der Waals surface area contributed by atoms with Crippen LogP contribution in [0.3, 0.4) is 0 Å². The number of thiazole rings is 1. The third kappa shape index (κ3) is 4.91. The Balaban J connectivity index is 1.68. The molecule has 0 radical (unpaired) electrons. The number of fused-ring (bicyclic) bond motifs is 1. The lowest BCUT2D eigenvalue weighted by Crippen LogP contribution is -2.29. The number of carbonyl (C=O) groups excluding carboxylic acids is 2. The summed E-state index contributed by atoms with van der Waals surface area (Å²) in [4.78, 5) is 33.2. The Labute approximate surface area is 230 Å². The highest BCUT2D eigenvalue weighted by Crippen LogP contribution is 2.45. The van der Waals surface area contributed by atoms with Crippen molar-refractivity contribution in [2.24, 2.45) is 0 Å². The van der Waals surface area contributed by atoms with E-state index in [2.05, 4.69) is 11.6 Å². The number of benzene rings is 3. The van der Waals surface area contributed by atoms with E-state index in [9.17, 15) is 14.7 Å².